The quantitative estimate of drug-likeness (QED) is 0.454. The molecule has 3 rings (SSSR count). The number of aryl methyl sites for hydroxylation is 1. The van der Waals surface area contributed by atoms with Gasteiger partial charge in [0.05, 0.1) is 5.75 Å². The molecule has 0 aromatic carbocycles. The average Bonchev–Trinajstić information content (AvgIpc) is 3.26. The molecule has 192 valence electrons. The van der Waals surface area contributed by atoms with E-state index < -0.39 is 22.0 Å². The molecule has 0 radical (unpaired) electrons. The summed E-state index contributed by atoms with van der Waals surface area (Å²) in [4.78, 5) is 36.7. The molecule has 1 saturated heterocycles. The lowest BCUT2D eigenvalue weighted by Gasteiger charge is -2.28. The highest BCUT2D eigenvalue weighted by Gasteiger charge is 2.26. The number of piperidine rings is 1. The van der Waals surface area contributed by atoms with E-state index in [0.29, 0.717) is 31.8 Å². The van der Waals surface area contributed by atoms with Gasteiger partial charge in [-0.1, -0.05) is 29.2 Å². The molecule has 0 unspecified atom stereocenters. The molecule has 0 saturated carbocycles. The Morgan fingerprint density at radius 3 is 2.37 bits per heavy atom. The molecular formula is C21H27ClN4O8S. The Morgan fingerprint density at radius 1 is 1.14 bits per heavy atom. The van der Waals surface area contributed by atoms with Gasteiger partial charge in [0, 0.05) is 57.5 Å². The van der Waals surface area contributed by atoms with E-state index in [1.165, 1.54) is 0 Å². The van der Waals surface area contributed by atoms with E-state index in [-0.39, 0.29) is 29.8 Å². The maximum Gasteiger partial charge on any atom is 0.414 e. The first-order chi connectivity index (χ1) is 16.6. The van der Waals surface area contributed by atoms with Crippen molar-refractivity contribution in [1.82, 2.24) is 19.3 Å². The van der Waals surface area contributed by atoms with Gasteiger partial charge in [-0.3, -0.25) is 9.78 Å². The monoisotopic (exact) mass is 530 g/mol. The number of carbonyl (C=O) groups excluding carboxylic acids is 1. The number of pyridine rings is 1. The van der Waals surface area contributed by atoms with Gasteiger partial charge in [-0.2, -0.15) is 0 Å². The van der Waals surface area contributed by atoms with Crippen molar-refractivity contribution in [3.63, 3.8) is 0 Å². The third-order valence-electron chi connectivity index (χ3n) is 5.07. The number of carbonyl (C=O) groups is 3. The molecule has 0 atom stereocenters. The zero-order chi connectivity index (χ0) is 25.8. The van der Waals surface area contributed by atoms with Crippen molar-refractivity contribution in [3.8, 4) is 0 Å². The van der Waals surface area contributed by atoms with Gasteiger partial charge in [0.25, 0.3) is 0 Å². The summed E-state index contributed by atoms with van der Waals surface area (Å²) in [6, 6.07) is 5.22. The Balaban J connectivity index is 0.000000641. The predicted octanol–water partition coefficient (Wildman–Crippen LogP) is 1.66. The number of sulfonamides is 1. The summed E-state index contributed by atoms with van der Waals surface area (Å²) in [6.07, 6.45) is 6.69. The molecule has 3 heterocycles. The molecule has 0 aliphatic carbocycles. The van der Waals surface area contributed by atoms with Crippen molar-refractivity contribution in [2.45, 2.75) is 38.6 Å². The van der Waals surface area contributed by atoms with E-state index >= 15 is 0 Å². The topological polar surface area (TPSA) is 171 Å². The van der Waals surface area contributed by atoms with Gasteiger partial charge in [-0.15, -0.1) is 0 Å². The average molecular weight is 531 g/mol. The molecule has 2 aromatic heterocycles. The van der Waals surface area contributed by atoms with Crippen molar-refractivity contribution in [1.29, 1.82) is 0 Å². The van der Waals surface area contributed by atoms with Crippen molar-refractivity contribution in [3.05, 3.63) is 47.1 Å². The normalized spacial score (nSPS) is 14.0. The number of halogens is 1. The summed E-state index contributed by atoms with van der Waals surface area (Å²) in [7, 11) is -3.39. The van der Waals surface area contributed by atoms with Gasteiger partial charge in [0.15, 0.2) is 5.15 Å². The van der Waals surface area contributed by atoms with Crippen LogP contribution in [-0.2, 0) is 37.4 Å². The molecule has 1 amide bonds. The van der Waals surface area contributed by atoms with Gasteiger partial charge in [-0.05, 0) is 24.5 Å². The largest absolute Gasteiger partial charge is 0.473 e. The van der Waals surface area contributed by atoms with Crippen LogP contribution in [0.4, 0.5) is 0 Å². The minimum Gasteiger partial charge on any atom is -0.473 e. The van der Waals surface area contributed by atoms with E-state index in [0.717, 1.165) is 24.8 Å². The number of amides is 1. The van der Waals surface area contributed by atoms with Gasteiger partial charge >= 0.3 is 11.9 Å². The number of aliphatic carboxylic acids is 2. The molecule has 0 bridgehead atoms. The third kappa shape index (κ3) is 10.0. The van der Waals surface area contributed by atoms with Crippen LogP contribution in [0.1, 0.15) is 37.0 Å². The van der Waals surface area contributed by atoms with Crippen LogP contribution in [0.3, 0.4) is 0 Å². The molecule has 14 heteroatoms. The molecule has 1 aliphatic heterocycles. The van der Waals surface area contributed by atoms with Crippen molar-refractivity contribution in [2.24, 2.45) is 0 Å². The van der Waals surface area contributed by atoms with E-state index in [2.05, 4.69) is 10.1 Å². The molecule has 0 spiro atoms. The van der Waals surface area contributed by atoms with Crippen molar-refractivity contribution < 1.29 is 37.5 Å². The third-order valence-corrected chi connectivity index (χ3v) is 7.10. The van der Waals surface area contributed by atoms with E-state index in [4.69, 9.17) is 35.9 Å². The van der Waals surface area contributed by atoms with E-state index in [1.54, 1.807) is 33.7 Å². The second kappa shape index (κ2) is 13.8. The molecule has 12 nitrogen and oxygen atoms in total. The fourth-order valence-electron chi connectivity index (χ4n) is 3.30. The van der Waals surface area contributed by atoms with E-state index in [9.17, 15) is 13.2 Å². The van der Waals surface area contributed by atoms with Gasteiger partial charge in [0.1, 0.15) is 5.76 Å². The minimum atomic E-state index is -3.39. The van der Waals surface area contributed by atoms with Gasteiger partial charge < -0.3 is 19.6 Å². The summed E-state index contributed by atoms with van der Waals surface area (Å²) in [5.74, 6) is -3.38. The van der Waals surface area contributed by atoms with Crippen molar-refractivity contribution >= 4 is 39.5 Å². The molecular weight excluding hydrogens is 504 g/mol. The first kappa shape index (κ1) is 28.2. The maximum atomic E-state index is 12.8. The van der Waals surface area contributed by atoms with Crippen LogP contribution >= 0.6 is 11.6 Å². The summed E-state index contributed by atoms with van der Waals surface area (Å²) >= 11 is 5.74. The molecule has 1 aliphatic rings. The first-order valence-electron chi connectivity index (χ1n) is 10.8. The number of aromatic nitrogens is 2. The highest BCUT2D eigenvalue weighted by molar-refractivity contribution is 7.89. The van der Waals surface area contributed by atoms with Crippen LogP contribution in [0.2, 0.25) is 5.15 Å². The number of nitrogens with zero attached hydrogens (tertiary/aromatic N) is 4. The first-order valence-corrected chi connectivity index (χ1v) is 12.8. The zero-order valence-electron chi connectivity index (χ0n) is 18.9. The highest BCUT2D eigenvalue weighted by atomic mass is 35.5. The van der Waals surface area contributed by atoms with E-state index in [1.807, 2.05) is 6.07 Å². The summed E-state index contributed by atoms with van der Waals surface area (Å²) in [5, 5.41) is 18.6. The summed E-state index contributed by atoms with van der Waals surface area (Å²) < 4.78 is 32.0. The number of carboxylic acids is 2. The van der Waals surface area contributed by atoms with Crippen LogP contribution in [-0.4, -0.2) is 81.2 Å². The van der Waals surface area contributed by atoms with Gasteiger partial charge in [0.2, 0.25) is 15.9 Å². The SMILES string of the molecule is O=C(CCc1cc(Cl)no1)N(CCS(=O)(=O)N1CCCCC1)Cc1cccnc1.O=C(O)C(=O)O. The Bertz CT molecular complexity index is 1080. The molecule has 35 heavy (non-hydrogen) atoms. The number of rotatable bonds is 9. The number of hydrogen-bond donors (Lipinski definition) is 2. The highest BCUT2D eigenvalue weighted by Crippen LogP contribution is 2.16. The smallest absolute Gasteiger partial charge is 0.414 e. The minimum absolute atomic E-state index is 0.0901. The molecule has 2 N–H and O–H groups in total. The van der Waals surface area contributed by atoms with Crippen molar-refractivity contribution in [2.75, 3.05) is 25.4 Å². The second-order valence-corrected chi connectivity index (χ2v) is 10.2. The lowest BCUT2D eigenvalue weighted by atomic mass is 10.2. The number of hydrogen-bond acceptors (Lipinski definition) is 8. The lowest BCUT2D eigenvalue weighted by molar-refractivity contribution is -0.159. The Labute approximate surface area is 207 Å². The van der Waals surface area contributed by atoms with Gasteiger partial charge in [-0.25, -0.2) is 22.3 Å². The van der Waals surface area contributed by atoms with Crippen LogP contribution in [0.25, 0.3) is 0 Å². The summed E-state index contributed by atoms with van der Waals surface area (Å²) in [6.45, 7) is 1.55. The summed E-state index contributed by atoms with van der Waals surface area (Å²) in [5.41, 5.74) is 0.846. The zero-order valence-corrected chi connectivity index (χ0v) is 20.4. The van der Waals surface area contributed by atoms with Crippen LogP contribution in [0, 0.1) is 0 Å². The maximum absolute atomic E-state index is 12.8. The Kier molecular flexibility index (Phi) is 11.1. The lowest BCUT2D eigenvalue weighted by Crippen LogP contribution is -2.41. The fraction of sp³-hybridized carbons (Fsp3) is 0.476. The fourth-order valence-corrected chi connectivity index (χ4v) is 4.98. The van der Waals surface area contributed by atoms with Crippen LogP contribution < -0.4 is 0 Å². The second-order valence-electron chi connectivity index (χ2n) is 7.68. The number of carboxylic acid groups (broad SMARTS) is 2. The molecule has 2 aromatic rings. The standard InChI is InChI=1S/C19H25ClN4O4S.C2H2O4/c20-18-13-17(28-22-18)6-7-19(25)23(15-16-5-4-8-21-14-16)11-12-29(26,27)24-9-2-1-3-10-24;3-1(4)2(5)6/h4-5,8,13-14H,1-3,6-7,9-12,15H2;(H,3,4)(H,5,6). The predicted molar refractivity (Wildman–Crippen MR) is 124 cm³/mol. The van der Waals surface area contributed by atoms with Crippen LogP contribution in [0.15, 0.2) is 35.1 Å². The Morgan fingerprint density at radius 2 is 1.83 bits per heavy atom. The molecule has 1 fully saturated rings. The Hall–Kier alpha value is -3.03. The van der Waals surface area contributed by atoms with Crippen LogP contribution in [0.5, 0.6) is 0 Å².